The van der Waals surface area contributed by atoms with E-state index in [1.807, 2.05) is 0 Å². The average molecular weight is 419 g/mol. The quantitative estimate of drug-likeness (QED) is 0.660. The molecule has 144 valence electrons. The van der Waals surface area contributed by atoms with Crippen molar-refractivity contribution in [1.82, 2.24) is 0 Å². The van der Waals surface area contributed by atoms with Gasteiger partial charge in [0.1, 0.15) is 5.82 Å². The summed E-state index contributed by atoms with van der Waals surface area (Å²) in [6, 6.07) is 17.8. The molecule has 3 aromatic carbocycles. The van der Waals surface area contributed by atoms with E-state index in [9.17, 15) is 17.6 Å². The highest BCUT2D eigenvalue weighted by Gasteiger charge is 2.24. The van der Waals surface area contributed by atoms with Gasteiger partial charge in [-0.1, -0.05) is 41.9 Å². The fraction of sp³-hybridized carbons (Fsp3) is 0.0500. The van der Waals surface area contributed by atoms with Crippen molar-refractivity contribution in [3.8, 4) is 0 Å². The Kier molecular flexibility index (Phi) is 5.67. The zero-order chi connectivity index (χ0) is 20.3. The van der Waals surface area contributed by atoms with Crippen LogP contribution in [0.3, 0.4) is 0 Å². The molecule has 0 heterocycles. The van der Waals surface area contributed by atoms with Gasteiger partial charge in [0.15, 0.2) is 0 Å². The molecule has 3 rings (SSSR count). The molecule has 1 amide bonds. The van der Waals surface area contributed by atoms with Crippen molar-refractivity contribution in [2.24, 2.45) is 0 Å². The smallest absolute Gasteiger partial charge is 0.264 e. The van der Waals surface area contributed by atoms with E-state index in [0.29, 0.717) is 10.7 Å². The summed E-state index contributed by atoms with van der Waals surface area (Å²) in [5, 5.41) is 3.00. The fourth-order valence-corrected chi connectivity index (χ4v) is 3.98. The maximum atomic E-state index is 14.0. The van der Waals surface area contributed by atoms with Crippen molar-refractivity contribution in [2.45, 2.75) is 4.90 Å². The number of anilines is 2. The number of halogens is 2. The van der Waals surface area contributed by atoms with Crippen LogP contribution in [0.1, 0.15) is 10.4 Å². The molecule has 0 spiro atoms. The molecule has 0 atom stereocenters. The highest BCUT2D eigenvalue weighted by Crippen LogP contribution is 2.26. The Bertz CT molecular complexity index is 1140. The summed E-state index contributed by atoms with van der Waals surface area (Å²) in [5.41, 5.74) is 0.447. The first kappa shape index (κ1) is 19.9. The van der Waals surface area contributed by atoms with Crippen LogP contribution in [0, 0.1) is 5.82 Å². The van der Waals surface area contributed by atoms with Gasteiger partial charge in [0.05, 0.1) is 21.3 Å². The third-order valence-electron chi connectivity index (χ3n) is 4.07. The Labute approximate surface area is 167 Å². The van der Waals surface area contributed by atoms with E-state index < -0.39 is 21.7 Å². The largest absolute Gasteiger partial charge is 0.321 e. The van der Waals surface area contributed by atoms with Gasteiger partial charge in [0.25, 0.3) is 15.9 Å². The van der Waals surface area contributed by atoms with Crippen molar-refractivity contribution in [3.05, 3.63) is 89.2 Å². The first-order chi connectivity index (χ1) is 13.3. The minimum atomic E-state index is -4.06. The van der Waals surface area contributed by atoms with Crippen LogP contribution in [0.5, 0.6) is 0 Å². The lowest BCUT2D eigenvalue weighted by Crippen LogP contribution is -2.27. The second-order valence-electron chi connectivity index (χ2n) is 5.89. The molecule has 0 fully saturated rings. The average Bonchev–Trinajstić information content (AvgIpc) is 2.69. The van der Waals surface area contributed by atoms with Gasteiger partial charge >= 0.3 is 0 Å². The summed E-state index contributed by atoms with van der Waals surface area (Å²) in [4.78, 5) is 12.4. The molecule has 1 N–H and O–H groups in total. The first-order valence-corrected chi connectivity index (χ1v) is 10.0. The second kappa shape index (κ2) is 8.00. The number of amides is 1. The normalized spacial score (nSPS) is 11.1. The molecule has 0 bridgehead atoms. The minimum Gasteiger partial charge on any atom is -0.321 e. The highest BCUT2D eigenvalue weighted by atomic mass is 35.5. The van der Waals surface area contributed by atoms with Crippen LogP contribution in [-0.4, -0.2) is 21.4 Å². The van der Waals surface area contributed by atoms with E-state index in [1.54, 1.807) is 24.3 Å². The zero-order valence-corrected chi connectivity index (χ0v) is 16.3. The van der Waals surface area contributed by atoms with Gasteiger partial charge in [-0.05, 0) is 42.5 Å². The Hall–Kier alpha value is -2.90. The molecule has 3 aromatic rings. The summed E-state index contributed by atoms with van der Waals surface area (Å²) >= 11 is 6.03. The molecule has 0 aliphatic carbocycles. The molecule has 0 saturated heterocycles. The number of nitrogens with zero attached hydrogens (tertiary/aromatic N) is 1. The van der Waals surface area contributed by atoms with Crippen LogP contribution in [0.15, 0.2) is 77.7 Å². The van der Waals surface area contributed by atoms with Crippen LogP contribution in [-0.2, 0) is 10.0 Å². The van der Waals surface area contributed by atoms with Gasteiger partial charge in [-0.2, -0.15) is 0 Å². The van der Waals surface area contributed by atoms with E-state index in [-0.39, 0.29) is 16.1 Å². The van der Waals surface area contributed by atoms with E-state index in [4.69, 9.17) is 11.6 Å². The van der Waals surface area contributed by atoms with E-state index in [2.05, 4.69) is 5.32 Å². The number of carbonyl (C=O) groups excluding carboxylic acids is 1. The minimum absolute atomic E-state index is 0.0894. The third kappa shape index (κ3) is 4.00. The Morgan fingerprint density at radius 2 is 1.68 bits per heavy atom. The molecule has 0 saturated carbocycles. The maximum absolute atomic E-state index is 14.0. The summed E-state index contributed by atoms with van der Waals surface area (Å²) in [6.45, 7) is 0. The first-order valence-electron chi connectivity index (χ1n) is 8.20. The summed E-state index contributed by atoms with van der Waals surface area (Å²) in [5.74, 6) is -1.18. The van der Waals surface area contributed by atoms with Gasteiger partial charge in [-0.3, -0.25) is 9.10 Å². The number of rotatable bonds is 5. The van der Waals surface area contributed by atoms with Crippen LogP contribution in [0.2, 0.25) is 5.02 Å². The monoisotopic (exact) mass is 418 g/mol. The molecule has 5 nitrogen and oxygen atoms in total. The van der Waals surface area contributed by atoms with Crippen molar-refractivity contribution < 1.29 is 17.6 Å². The SMILES string of the molecule is CN(c1ccccc1F)S(=O)(=O)c1cccc(C(=O)Nc2ccccc2Cl)c1. The number of para-hydroxylation sites is 2. The Morgan fingerprint density at radius 3 is 2.39 bits per heavy atom. The zero-order valence-electron chi connectivity index (χ0n) is 14.8. The van der Waals surface area contributed by atoms with Crippen molar-refractivity contribution in [3.63, 3.8) is 0 Å². The Morgan fingerprint density at radius 1 is 1.00 bits per heavy atom. The van der Waals surface area contributed by atoms with E-state index >= 15 is 0 Å². The molecule has 0 unspecified atom stereocenters. The van der Waals surface area contributed by atoms with Gasteiger partial charge < -0.3 is 5.32 Å². The highest BCUT2D eigenvalue weighted by molar-refractivity contribution is 7.92. The van der Waals surface area contributed by atoms with E-state index in [0.717, 1.165) is 4.31 Å². The van der Waals surface area contributed by atoms with Crippen LogP contribution < -0.4 is 9.62 Å². The van der Waals surface area contributed by atoms with Crippen molar-refractivity contribution >= 4 is 38.9 Å². The van der Waals surface area contributed by atoms with Crippen molar-refractivity contribution in [1.29, 1.82) is 0 Å². The van der Waals surface area contributed by atoms with Gasteiger partial charge in [-0.25, -0.2) is 12.8 Å². The van der Waals surface area contributed by atoms with Crippen molar-refractivity contribution in [2.75, 3.05) is 16.7 Å². The lowest BCUT2D eigenvalue weighted by atomic mass is 10.2. The lowest BCUT2D eigenvalue weighted by molar-refractivity contribution is 0.102. The molecule has 0 aromatic heterocycles. The van der Waals surface area contributed by atoms with Gasteiger partial charge in [0.2, 0.25) is 0 Å². The topological polar surface area (TPSA) is 66.5 Å². The molecule has 28 heavy (non-hydrogen) atoms. The summed E-state index contributed by atoms with van der Waals surface area (Å²) in [7, 11) is -2.81. The van der Waals surface area contributed by atoms with Gasteiger partial charge in [-0.15, -0.1) is 0 Å². The number of nitrogens with one attached hydrogen (secondary N) is 1. The van der Waals surface area contributed by atoms with Crippen LogP contribution in [0.4, 0.5) is 15.8 Å². The van der Waals surface area contributed by atoms with Crippen LogP contribution in [0.25, 0.3) is 0 Å². The predicted octanol–water partition coefficient (Wildman–Crippen LogP) is 4.56. The maximum Gasteiger partial charge on any atom is 0.264 e. The number of hydrogen-bond donors (Lipinski definition) is 1. The fourth-order valence-electron chi connectivity index (χ4n) is 2.55. The van der Waals surface area contributed by atoms with Crippen LogP contribution >= 0.6 is 11.6 Å². The molecular weight excluding hydrogens is 403 g/mol. The number of hydrogen-bond acceptors (Lipinski definition) is 3. The van der Waals surface area contributed by atoms with Gasteiger partial charge in [0, 0.05) is 12.6 Å². The summed E-state index contributed by atoms with van der Waals surface area (Å²) < 4.78 is 40.6. The standard InChI is InChI=1S/C20H16ClFN2O3S/c1-24(19-12-5-3-10-17(19)22)28(26,27)15-8-6-7-14(13-15)20(25)23-18-11-4-2-9-16(18)21/h2-13H,1H3,(H,23,25). The predicted molar refractivity (Wildman–Crippen MR) is 108 cm³/mol. The number of sulfonamides is 1. The number of carbonyl (C=O) groups is 1. The third-order valence-corrected chi connectivity index (χ3v) is 6.17. The molecular formula is C20H16ClFN2O3S. The molecule has 0 aliphatic rings. The molecule has 8 heteroatoms. The second-order valence-corrected chi connectivity index (χ2v) is 8.26. The number of benzene rings is 3. The Balaban J connectivity index is 1.91. The molecule has 0 aliphatic heterocycles. The molecule has 0 radical (unpaired) electrons. The van der Waals surface area contributed by atoms with E-state index in [1.165, 1.54) is 55.6 Å². The summed E-state index contributed by atoms with van der Waals surface area (Å²) in [6.07, 6.45) is 0. The lowest BCUT2D eigenvalue weighted by Gasteiger charge is -2.20.